The summed E-state index contributed by atoms with van der Waals surface area (Å²) in [7, 11) is 0. The maximum absolute atomic E-state index is 11.3. The Hall–Kier alpha value is -1.75. The zero-order valence-electron chi connectivity index (χ0n) is 11.6. The van der Waals surface area contributed by atoms with Crippen molar-refractivity contribution < 1.29 is 9.90 Å². The van der Waals surface area contributed by atoms with Crippen LogP contribution in [-0.2, 0) is 11.2 Å². The van der Waals surface area contributed by atoms with Crippen molar-refractivity contribution in [2.24, 2.45) is 0 Å². The van der Waals surface area contributed by atoms with Gasteiger partial charge in [-0.1, -0.05) is 0 Å². The monoisotopic (exact) mass is 263 g/mol. The normalized spacial score (nSPS) is 16.5. The van der Waals surface area contributed by atoms with Gasteiger partial charge in [-0.05, 0) is 44.9 Å². The van der Waals surface area contributed by atoms with Gasteiger partial charge >= 0.3 is 0 Å². The number of hydrogen-bond donors (Lipinski definition) is 4. The lowest BCUT2D eigenvalue weighted by molar-refractivity contribution is -0.116. The molecule has 1 amide bonds. The Labute approximate surface area is 113 Å². The quantitative estimate of drug-likeness (QED) is 0.625. The van der Waals surface area contributed by atoms with Gasteiger partial charge in [0.15, 0.2) is 0 Å². The number of carbonyl (C=O) groups excluding carboxylic acids is 1. The number of anilines is 3. The summed E-state index contributed by atoms with van der Waals surface area (Å²) in [4.78, 5) is 11.3. The van der Waals surface area contributed by atoms with E-state index in [0.29, 0.717) is 18.5 Å². The Morgan fingerprint density at radius 1 is 1.42 bits per heavy atom. The predicted molar refractivity (Wildman–Crippen MR) is 77.2 cm³/mol. The van der Waals surface area contributed by atoms with Crippen LogP contribution in [0.25, 0.3) is 0 Å². The SMILES string of the molecule is CC(O)C(C)(C)Nc1cc2c(cc1N)NC(=O)CC2. The second kappa shape index (κ2) is 4.74. The molecular formula is C14H21N3O2. The number of aliphatic hydroxyl groups excluding tert-OH is 1. The molecule has 1 aromatic carbocycles. The predicted octanol–water partition coefficient (Wildman–Crippen LogP) is 1.72. The van der Waals surface area contributed by atoms with E-state index in [4.69, 9.17) is 5.73 Å². The van der Waals surface area contributed by atoms with Crippen molar-refractivity contribution in [2.75, 3.05) is 16.4 Å². The summed E-state index contributed by atoms with van der Waals surface area (Å²) in [6, 6.07) is 3.72. The van der Waals surface area contributed by atoms with Crippen molar-refractivity contribution in [3.05, 3.63) is 17.7 Å². The number of aliphatic hydroxyl groups is 1. The lowest BCUT2D eigenvalue weighted by atomic mass is 9.96. The number of amides is 1. The molecule has 104 valence electrons. The average molecular weight is 263 g/mol. The number of fused-ring (bicyclic) bond motifs is 1. The van der Waals surface area contributed by atoms with Crippen molar-refractivity contribution in [3.8, 4) is 0 Å². The molecule has 5 heteroatoms. The molecule has 5 nitrogen and oxygen atoms in total. The summed E-state index contributed by atoms with van der Waals surface area (Å²) in [6.45, 7) is 5.57. The van der Waals surface area contributed by atoms with Crippen molar-refractivity contribution in [1.82, 2.24) is 0 Å². The molecule has 1 aliphatic heterocycles. The van der Waals surface area contributed by atoms with Gasteiger partial charge in [-0.15, -0.1) is 0 Å². The van der Waals surface area contributed by atoms with Crippen LogP contribution in [0, 0.1) is 0 Å². The Morgan fingerprint density at radius 3 is 2.74 bits per heavy atom. The molecule has 19 heavy (non-hydrogen) atoms. The highest BCUT2D eigenvalue weighted by molar-refractivity contribution is 5.95. The largest absolute Gasteiger partial charge is 0.397 e. The number of benzene rings is 1. The number of nitrogens with two attached hydrogens (primary N) is 1. The molecule has 1 unspecified atom stereocenters. The number of aryl methyl sites for hydroxylation is 1. The first-order valence-corrected chi connectivity index (χ1v) is 6.48. The average Bonchev–Trinajstić information content (AvgIpc) is 2.30. The van der Waals surface area contributed by atoms with Gasteiger partial charge < -0.3 is 21.5 Å². The van der Waals surface area contributed by atoms with Gasteiger partial charge in [0.05, 0.1) is 23.0 Å². The van der Waals surface area contributed by atoms with E-state index in [1.165, 1.54) is 0 Å². The van der Waals surface area contributed by atoms with Crippen LogP contribution in [0.4, 0.5) is 17.1 Å². The van der Waals surface area contributed by atoms with Gasteiger partial charge in [-0.25, -0.2) is 0 Å². The van der Waals surface area contributed by atoms with Crippen molar-refractivity contribution in [3.63, 3.8) is 0 Å². The molecular weight excluding hydrogens is 242 g/mol. The highest BCUT2D eigenvalue weighted by Gasteiger charge is 2.25. The molecule has 1 aliphatic rings. The van der Waals surface area contributed by atoms with Crippen LogP contribution >= 0.6 is 0 Å². The second-order valence-corrected chi connectivity index (χ2v) is 5.67. The van der Waals surface area contributed by atoms with Crippen LogP contribution in [0.3, 0.4) is 0 Å². The van der Waals surface area contributed by atoms with Crippen molar-refractivity contribution >= 4 is 23.0 Å². The van der Waals surface area contributed by atoms with E-state index in [0.717, 1.165) is 16.9 Å². The summed E-state index contributed by atoms with van der Waals surface area (Å²) >= 11 is 0. The van der Waals surface area contributed by atoms with Crippen molar-refractivity contribution in [1.29, 1.82) is 0 Å². The standard InChI is InChI=1S/C14H21N3O2/c1-8(18)14(2,3)17-12-6-9-4-5-13(19)16-11(9)7-10(12)15/h6-8,17-18H,4-5,15H2,1-3H3,(H,16,19). The molecule has 0 radical (unpaired) electrons. The van der Waals surface area contributed by atoms with E-state index in [2.05, 4.69) is 10.6 Å². The molecule has 0 saturated carbocycles. The van der Waals surface area contributed by atoms with Crippen molar-refractivity contribution in [2.45, 2.75) is 45.3 Å². The van der Waals surface area contributed by atoms with Gasteiger partial charge in [0, 0.05) is 12.1 Å². The Kier molecular flexibility index (Phi) is 3.41. The number of rotatable bonds is 3. The minimum absolute atomic E-state index is 0.0249. The van der Waals surface area contributed by atoms with Crippen LogP contribution in [-0.4, -0.2) is 22.7 Å². The first kappa shape index (κ1) is 13.7. The third-order valence-electron chi connectivity index (χ3n) is 3.67. The molecule has 0 spiro atoms. The van der Waals surface area contributed by atoms with E-state index in [1.54, 1.807) is 13.0 Å². The maximum Gasteiger partial charge on any atom is 0.224 e. The lowest BCUT2D eigenvalue weighted by Gasteiger charge is -2.32. The van der Waals surface area contributed by atoms with E-state index in [9.17, 15) is 9.90 Å². The zero-order valence-corrected chi connectivity index (χ0v) is 11.6. The lowest BCUT2D eigenvalue weighted by Crippen LogP contribution is -2.42. The third-order valence-corrected chi connectivity index (χ3v) is 3.67. The van der Waals surface area contributed by atoms with E-state index < -0.39 is 11.6 Å². The molecule has 0 bridgehead atoms. The molecule has 0 fully saturated rings. The first-order chi connectivity index (χ1) is 8.79. The molecule has 1 heterocycles. The fourth-order valence-corrected chi connectivity index (χ4v) is 2.01. The van der Waals surface area contributed by atoms with Crippen LogP contribution < -0.4 is 16.4 Å². The fourth-order valence-electron chi connectivity index (χ4n) is 2.01. The summed E-state index contributed by atoms with van der Waals surface area (Å²) < 4.78 is 0. The topological polar surface area (TPSA) is 87.4 Å². The third kappa shape index (κ3) is 2.81. The summed E-state index contributed by atoms with van der Waals surface area (Å²) in [6.07, 6.45) is 0.698. The van der Waals surface area contributed by atoms with Gasteiger partial charge in [0.1, 0.15) is 0 Å². The number of nitrogens with one attached hydrogen (secondary N) is 2. The number of nitrogen functional groups attached to an aromatic ring is 1. The van der Waals surface area contributed by atoms with Crippen LogP contribution in [0.2, 0.25) is 0 Å². The van der Waals surface area contributed by atoms with Crippen LogP contribution in [0.15, 0.2) is 12.1 Å². The Morgan fingerprint density at radius 2 is 2.11 bits per heavy atom. The van der Waals surface area contributed by atoms with Gasteiger partial charge in [-0.2, -0.15) is 0 Å². The number of carbonyl (C=O) groups is 1. The van der Waals surface area contributed by atoms with Gasteiger partial charge in [0.2, 0.25) is 5.91 Å². The smallest absolute Gasteiger partial charge is 0.224 e. The summed E-state index contributed by atoms with van der Waals surface area (Å²) in [5.41, 5.74) is 8.74. The van der Waals surface area contributed by atoms with Crippen LogP contribution in [0.1, 0.15) is 32.8 Å². The first-order valence-electron chi connectivity index (χ1n) is 6.48. The highest BCUT2D eigenvalue weighted by atomic mass is 16.3. The van der Waals surface area contributed by atoms with Gasteiger partial charge in [-0.3, -0.25) is 4.79 Å². The molecule has 1 atom stereocenters. The van der Waals surface area contributed by atoms with E-state index >= 15 is 0 Å². The van der Waals surface area contributed by atoms with E-state index in [1.807, 2.05) is 19.9 Å². The molecule has 0 aliphatic carbocycles. The molecule has 0 saturated heterocycles. The minimum Gasteiger partial charge on any atom is -0.397 e. The molecule has 5 N–H and O–H groups in total. The molecule has 1 aromatic rings. The molecule has 2 rings (SSSR count). The fraction of sp³-hybridized carbons (Fsp3) is 0.500. The summed E-state index contributed by atoms with van der Waals surface area (Å²) in [5.74, 6) is 0.0249. The zero-order chi connectivity index (χ0) is 14.2. The summed E-state index contributed by atoms with van der Waals surface area (Å²) in [5, 5.41) is 15.8. The Balaban J connectivity index is 2.31. The highest BCUT2D eigenvalue weighted by Crippen LogP contribution is 2.32. The van der Waals surface area contributed by atoms with Crippen LogP contribution in [0.5, 0.6) is 0 Å². The Bertz CT molecular complexity index is 510. The molecule has 0 aromatic heterocycles. The van der Waals surface area contributed by atoms with Gasteiger partial charge in [0.25, 0.3) is 0 Å². The number of hydrogen-bond acceptors (Lipinski definition) is 4. The second-order valence-electron chi connectivity index (χ2n) is 5.67. The van der Waals surface area contributed by atoms with E-state index in [-0.39, 0.29) is 5.91 Å². The minimum atomic E-state index is -0.511. The maximum atomic E-state index is 11.3.